The molecule has 8 aromatic rings. The zero-order valence-electron chi connectivity index (χ0n) is 30.8. The van der Waals surface area contributed by atoms with E-state index in [1.54, 1.807) is 0 Å². The predicted molar refractivity (Wildman–Crippen MR) is 226 cm³/mol. The molecular weight excluding hydrogens is 625 g/mol. The second-order valence-corrected chi connectivity index (χ2v) is 12.9. The summed E-state index contributed by atoms with van der Waals surface area (Å²) in [5.41, 5.74) is 15.5. The lowest BCUT2D eigenvalue weighted by Crippen LogP contribution is -1.84. The molecule has 0 radical (unpaired) electrons. The normalized spacial score (nSPS) is 9.92. The molecule has 0 heterocycles. The zero-order valence-corrected chi connectivity index (χ0v) is 30.8. The first-order valence-electron chi connectivity index (χ1n) is 17.9. The fraction of sp³-hybridized carbons (Fsp3) is 0.0769. The van der Waals surface area contributed by atoms with Gasteiger partial charge in [-0.25, -0.2) is 0 Å². The lowest BCUT2D eigenvalue weighted by molar-refractivity contribution is 1.46. The first kappa shape index (κ1) is 37.0. The number of hydrogen-bond donors (Lipinski definition) is 0. The molecule has 0 nitrogen and oxygen atoms in total. The topological polar surface area (TPSA) is 0 Å². The minimum Gasteiger partial charge on any atom is -0.0622 e. The molecule has 256 valence electrons. The Morgan fingerprint density at radius 1 is 0.173 bits per heavy atom. The van der Waals surface area contributed by atoms with Crippen molar-refractivity contribution in [3.63, 3.8) is 0 Å². The molecular formula is C52H48. The van der Waals surface area contributed by atoms with E-state index in [4.69, 9.17) is 0 Å². The van der Waals surface area contributed by atoms with Crippen molar-refractivity contribution in [1.29, 1.82) is 0 Å². The fourth-order valence-corrected chi connectivity index (χ4v) is 5.74. The van der Waals surface area contributed by atoms with Crippen molar-refractivity contribution in [1.82, 2.24) is 0 Å². The quantitative estimate of drug-likeness (QED) is 0.175. The Balaban J connectivity index is 0.000000141. The van der Waals surface area contributed by atoms with Crippen molar-refractivity contribution in [2.45, 2.75) is 27.7 Å². The van der Waals surface area contributed by atoms with Gasteiger partial charge in [0.05, 0.1) is 0 Å². The Hall–Kier alpha value is -6.24. The predicted octanol–water partition coefficient (Wildman–Crippen LogP) is 14.6. The summed E-state index contributed by atoms with van der Waals surface area (Å²) in [5, 5.41) is 0. The van der Waals surface area contributed by atoms with Gasteiger partial charge in [-0.15, -0.1) is 0 Å². The molecule has 0 heteroatoms. The Labute approximate surface area is 311 Å². The van der Waals surface area contributed by atoms with Crippen LogP contribution < -0.4 is 0 Å². The van der Waals surface area contributed by atoms with E-state index >= 15 is 0 Å². The Morgan fingerprint density at radius 3 is 0.846 bits per heavy atom. The molecule has 0 aromatic heterocycles. The van der Waals surface area contributed by atoms with E-state index in [0.717, 1.165) is 0 Å². The van der Waals surface area contributed by atoms with Gasteiger partial charge in [0, 0.05) is 0 Å². The van der Waals surface area contributed by atoms with Crippen molar-refractivity contribution in [3.8, 4) is 44.5 Å². The fourth-order valence-electron chi connectivity index (χ4n) is 5.74. The molecule has 0 unspecified atom stereocenters. The standard InChI is InChI=1S/C19H16.2C13H12.C7H8/c1-15-12-18(16-8-4-2-5-9-16)14-19(13-15)17-10-6-3-7-11-17;1-11-6-5-9-13(10-11)12-7-3-2-4-8-12;1-11-7-9-13(10-8-11)12-5-3-2-4-6-12;1-7-5-3-2-4-6-7/h2-14H,1H3;2*2-10H,1H3;2-6H,1H3. The summed E-state index contributed by atoms with van der Waals surface area (Å²) < 4.78 is 0. The van der Waals surface area contributed by atoms with Gasteiger partial charge < -0.3 is 0 Å². The molecule has 0 spiro atoms. The van der Waals surface area contributed by atoms with E-state index in [2.05, 4.69) is 216 Å². The summed E-state index contributed by atoms with van der Waals surface area (Å²) in [6.07, 6.45) is 0. The van der Waals surface area contributed by atoms with Crippen LogP contribution in [0.15, 0.2) is 218 Å². The molecule has 0 aliphatic carbocycles. The van der Waals surface area contributed by atoms with Gasteiger partial charge in [-0.05, 0) is 83.8 Å². The van der Waals surface area contributed by atoms with Crippen LogP contribution in [0, 0.1) is 27.7 Å². The highest BCUT2D eigenvalue weighted by atomic mass is 14.1. The Morgan fingerprint density at radius 2 is 0.462 bits per heavy atom. The molecule has 0 saturated carbocycles. The Bertz CT molecular complexity index is 2110. The van der Waals surface area contributed by atoms with Crippen molar-refractivity contribution in [3.05, 3.63) is 241 Å². The van der Waals surface area contributed by atoms with Crippen LogP contribution in [0.25, 0.3) is 44.5 Å². The van der Waals surface area contributed by atoms with E-state index in [1.165, 1.54) is 66.8 Å². The molecule has 0 N–H and O–H groups in total. The van der Waals surface area contributed by atoms with Gasteiger partial charge in [0.25, 0.3) is 0 Å². The number of aryl methyl sites for hydroxylation is 4. The van der Waals surface area contributed by atoms with Gasteiger partial charge in [0.15, 0.2) is 0 Å². The van der Waals surface area contributed by atoms with E-state index in [9.17, 15) is 0 Å². The highest BCUT2D eigenvalue weighted by Crippen LogP contribution is 2.28. The average Bonchev–Trinajstić information content (AvgIpc) is 3.20. The van der Waals surface area contributed by atoms with Gasteiger partial charge in [0.2, 0.25) is 0 Å². The van der Waals surface area contributed by atoms with Gasteiger partial charge in [0.1, 0.15) is 0 Å². The molecule has 0 bridgehead atoms. The van der Waals surface area contributed by atoms with Crippen molar-refractivity contribution >= 4 is 0 Å². The molecule has 52 heavy (non-hydrogen) atoms. The van der Waals surface area contributed by atoms with E-state index in [0.29, 0.717) is 0 Å². The zero-order chi connectivity index (χ0) is 36.4. The van der Waals surface area contributed by atoms with Crippen molar-refractivity contribution < 1.29 is 0 Å². The summed E-state index contributed by atoms with van der Waals surface area (Å²) >= 11 is 0. The minimum absolute atomic E-state index is 1.27. The number of hydrogen-bond acceptors (Lipinski definition) is 0. The lowest BCUT2D eigenvalue weighted by Gasteiger charge is -2.08. The first-order chi connectivity index (χ1) is 25.4. The largest absolute Gasteiger partial charge is 0.0622 e. The molecule has 0 aliphatic heterocycles. The van der Waals surface area contributed by atoms with Crippen molar-refractivity contribution in [2.24, 2.45) is 0 Å². The van der Waals surface area contributed by atoms with E-state index < -0.39 is 0 Å². The van der Waals surface area contributed by atoms with Gasteiger partial charge >= 0.3 is 0 Å². The SMILES string of the molecule is Cc1cc(-c2ccccc2)cc(-c2ccccc2)c1.Cc1ccc(-c2ccccc2)cc1.Cc1cccc(-c2ccccc2)c1.Cc1ccccc1. The van der Waals surface area contributed by atoms with Gasteiger partial charge in [-0.2, -0.15) is 0 Å². The van der Waals surface area contributed by atoms with E-state index in [-0.39, 0.29) is 0 Å². The summed E-state index contributed by atoms with van der Waals surface area (Å²) in [7, 11) is 0. The van der Waals surface area contributed by atoms with Gasteiger partial charge in [-0.3, -0.25) is 0 Å². The highest BCUT2D eigenvalue weighted by molar-refractivity contribution is 5.74. The summed E-state index contributed by atoms with van der Waals surface area (Å²) in [6, 6.07) is 76.1. The summed E-state index contributed by atoms with van der Waals surface area (Å²) in [4.78, 5) is 0. The van der Waals surface area contributed by atoms with E-state index in [1.807, 2.05) is 30.3 Å². The molecule has 8 aromatic carbocycles. The molecule has 8 rings (SSSR count). The maximum Gasteiger partial charge on any atom is -0.0175 e. The molecule has 0 aliphatic rings. The molecule has 0 atom stereocenters. The Kier molecular flexibility index (Phi) is 14.1. The molecule has 0 fully saturated rings. The maximum absolute atomic E-state index is 2.26. The number of rotatable bonds is 4. The summed E-state index contributed by atoms with van der Waals surface area (Å²) in [5.74, 6) is 0. The van der Waals surface area contributed by atoms with Gasteiger partial charge in [-0.1, -0.05) is 229 Å². The van der Waals surface area contributed by atoms with Crippen LogP contribution in [0.2, 0.25) is 0 Å². The number of benzene rings is 8. The van der Waals surface area contributed by atoms with Crippen LogP contribution in [0.3, 0.4) is 0 Å². The van der Waals surface area contributed by atoms with Crippen LogP contribution in [0.5, 0.6) is 0 Å². The molecule has 0 amide bonds. The smallest absolute Gasteiger partial charge is 0.0175 e. The van der Waals surface area contributed by atoms with Crippen LogP contribution in [-0.4, -0.2) is 0 Å². The highest BCUT2D eigenvalue weighted by Gasteiger charge is 2.03. The third-order valence-corrected chi connectivity index (χ3v) is 8.52. The van der Waals surface area contributed by atoms with Crippen LogP contribution in [0.1, 0.15) is 22.3 Å². The lowest BCUT2D eigenvalue weighted by atomic mass is 9.97. The second kappa shape index (κ2) is 19.8. The maximum atomic E-state index is 2.26. The third kappa shape index (κ3) is 12.0. The molecule has 0 saturated heterocycles. The van der Waals surface area contributed by atoms with Crippen LogP contribution >= 0.6 is 0 Å². The second-order valence-electron chi connectivity index (χ2n) is 12.9. The monoisotopic (exact) mass is 672 g/mol. The summed E-state index contributed by atoms with van der Waals surface area (Å²) in [6.45, 7) is 8.46. The third-order valence-electron chi connectivity index (χ3n) is 8.52. The average molecular weight is 673 g/mol. The first-order valence-corrected chi connectivity index (χ1v) is 17.9. The minimum atomic E-state index is 1.27. The van der Waals surface area contributed by atoms with Crippen molar-refractivity contribution in [2.75, 3.05) is 0 Å². The van der Waals surface area contributed by atoms with Crippen LogP contribution in [-0.2, 0) is 0 Å². The van der Waals surface area contributed by atoms with Crippen LogP contribution in [0.4, 0.5) is 0 Å².